The number of allylic oxidation sites excluding steroid dienone is 1. The van der Waals surface area contributed by atoms with Gasteiger partial charge in [0.05, 0.1) is 4.92 Å². The van der Waals surface area contributed by atoms with Gasteiger partial charge in [-0.1, -0.05) is 70.9 Å². The maximum Gasteiger partial charge on any atom is 0.514 e. The van der Waals surface area contributed by atoms with E-state index in [1.54, 1.807) is 0 Å². The Kier molecular flexibility index (Phi) is 8.92. The van der Waals surface area contributed by atoms with Crippen molar-refractivity contribution < 1.29 is 19.2 Å². The molecular weight excluding hydrogens is 502 g/mol. The van der Waals surface area contributed by atoms with Crippen molar-refractivity contribution in [3.8, 4) is 5.75 Å². The molecule has 1 aromatic carbocycles. The van der Waals surface area contributed by atoms with Gasteiger partial charge >= 0.3 is 6.16 Å². The van der Waals surface area contributed by atoms with Crippen LogP contribution in [0, 0.1) is 44.6 Å². The summed E-state index contributed by atoms with van der Waals surface area (Å²) in [5, 5.41) is 10.9. The topological polar surface area (TPSA) is 78.7 Å². The standard InChI is InChI=1S/C34H49NO5/c1-4-5-6-7-8-9-10-24-12-18-30-29-17-11-25-23-28(19-21-34(25,3)31(29)20-22-33(24,30)2)40-32(36)39-27-15-13-26(14-16-27)35(37)38/h11,13-16,24,28-31H,4-10,12,17-23H2,1-3H3/t24-,28+,29-,30-,31-,33-,34+/m1/s1. The lowest BCUT2D eigenvalue weighted by atomic mass is 9.47. The van der Waals surface area contributed by atoms with Gasteiger partial charge in [-0.15, -0.1) is 0 Å². The molecule has 4 aliphatic carbocycles. The fourth-order valence-electron chi connectivity index (χ4n) is 9.37. The SMILES string of the molecule is CCCCCCCC[C@@H]1CC[C@@H]2[C@H]3CC=C4C[C@@H](OC(=O)Oc5ccc([N+](=O)[O-])cc5)CC[C@]4(C)[C@@H]3CC[C@]12C. The van der Waals surface area contributed by atoms with E-state index in [2.05, 4.69) is 26.8 Å². The summed E-state index contributed by atoms with van der Waals surface area (Å²) in [4.78, 5) is 22.9. The average molecular weight is 552 g/mol. The van der Waals surface area contributed by atoms with Crippen LogP contribution in [0.2, 0.25) is 0 Å². The summed E-state index contributed by atoms with van der Waals surface area (Å²) in [6, 6.07) is 5.51. The molecule has 0 unspecified atom stereocenters. The zero-order valence-corrected chi connectivity index (χ0v) is 24.9. The van der Waals surface area contributed by atoms with Crippen molar-refractivity contribution in [1.82, 2.24) is 0 Å². The number of nitro benzene ring substituents is 1. The zero-order chi connectivity index (χ0) is 28.3. The fourth-order valence-corrected chi connectivity index (χ4v) is 9.37. The minimum atomic E-state index is -0.729. The number of carbonyl (C=O) groups excluding carboxylic acids is 1. The van der Waals surface area contributed by atoms with E-state index >= 15 is 0 Å². The number of hydrogen-bond donors (Lipinski definition) is 0. The lowest BCUT2D eigenvalue weighted by Crippen LogP contribution is -2.50. The zero-order valence-electron chi connectivity index (χ0n) is 24.9. The molecule has 0 N–H and O–H groups in total. The van der Waals surface area contributed by atoms with Crippen LogP contribution >= 0.6 is 0 Å². The van der Waals surface area contributed by atoms with Gasteiger partial charge < -0.3 is 9.47 Å². The molecule has 4 aliphatic rings. The summed E-state index contributed by atoms with van der Waals surface area (Å²) < 4.78 is 11.1. The number of nitrogens with zero attached hydrogens (tertiary/aromatic N) is 1. The normalized spacial score (nSPS) is 34.7. The number of non-ortho nitro benzene ring substituents is 1. The van der Waals surface area contributed by atoms with Gasteiger partial charge in [0.2, 0.25) is 0 Å². The number of unbranched alkanes of at least 4 members (excludes halogenated alkanes) is 5. The van der Waals surface area contributed by atoms with Crippen molar-refractivity contribution in [2.24, 2.45) is 34.5 Å². The van der Waals surface area contributed by atoms with E-state index in [0.29, 0.717) is 5.41 Å². The van der Waals surface area contributed by atoms with Crippen molar-refractivity contribution in [3.05, 3.63) is 46.0 Å². The maximum atomic E-state index is 12.5. The first-order chi connectivity index (χ1) is 19.2. The molecule has 0 amide bonds. The Bertz CT molecular complexity index is 1080. The Morgan fingerprint density at radius 2 is 1.73 bits per heavy atom. The largest absolute Gasteiger partial charge is 0.514 e. The number of nitro groups is 1. The minimum absolute atomic E-state index is 0.0382. The smallest absolute Gasteiger partial charge is 0.430 e. The first-order valence-corrected chi connectivity index (χ1v) is 16.1. The number of ether oxygens (including phenoxy) is 2. The summed E-state index contributed by atoms with van der Waals surface area (Å²) in [6.07, 6.45) is 20.9. The Morgan fingerprint density at radius 3 is 2.48 bits per heavy atom. The molecule has 6 nitrogen and oxygen atoms in total. The second-order valence-corrected chi connectivity index (χ2v) is 13.7. The van der Waals surface area contributed by atoms with E-state index in [0.717, 1.165) is 42.9 Å². The van der Waals surface area contributed by atoms with Crippen molar-refractivity contribution in [2.75, 3.05) is 0 Å². The van der Waals surface area contributed by atoms with Gasteiger partial charge in [-0.05, 0) is 98.0 Å². The third-order valence-corrected chi connectivity index (χ3v) is 11.7. The Labute approximate surface area is 240 Å². The lowest BCUT2D eigenvalue weighted by Gasteiger charge is -2.58. The number of hydrogen-bond acceptors (Lipinski definition) is 5. The van der Waals surface area contributed by atoms with Crippen molar-refractivity contribution >= 4 is 11.8 Å². The molecule has 5 rings (SSSR count). The first-order valence-electron chi connectivity index (χ1n) is 16.1. The van der Waals surface area contributed by atoms with E-state index in [4.69, 9.17) is 9.47 Å². The summed E-state index contributed by atoms with van der Waals surface area (Å²) in [5.74, 6) is 3.57. The van der Waals surface area contributed by atoms with E-state index in [-0.39, 0.29) is 23.0 Å². The number of benzene rings is 1. The highest BCUT2D eigenvalue weighted by Gasteiger charge is 2.58. The molecule has 1 aromatic rings. The maximum absolute atomic E-state index is 12.5. The molecule has 0 spiro atoms. The molecule has 40 heavy (non-hydrogen) atoms. The van der Waals surface area contributed by atoms with Crippen LogP contribution < -0.4 is 4.74 Å². The molecule has 0 aromatic heterocycles. The van der Waals surface area contributed by atoms with Crippen LogP contribution in [0.25, 0.3) is 0 Å². The number of fused-ring (bicyclic) bond motifs is 5. The molecule has 3 fully saturated rings. The van der Waals surface area contributed by atoms with Crippen molar-refractivity contribution in [1.29, 1.82) is 0 Å². The Morgan fingerprint density at radius 1 is 0.975 bits per heavy atom. The Balaban J connectivity index is 1.16. The average Bonchev–Trinajstić information content (AvgIpc) is 3.27. The second kappa shape index (κ2) is 12.2. The third-order valence-electron chi connectivity index (χ3n) is 11.7. The molecule has 7 atom stereocenters. The predicted octanol–water partition coefficient (Wildman–Crippen LogP) is 9.81. The van der Waals surface area contributed by atoms with Crippen LogP contribution in [0.5, 0.6) is 5.75 Å². The molecule has 0 bridgehead atoms. The van der Waals surface area contributed by atoms with Crippen molar-refractivity contribution in [2.45, 2.75) is 123 Å². The van der Waals surface area contributed by atoms with Gasteiger partial charge in [0.25, 0.3) is 5.69 Å². The highest BCUT2D eigenvalue weighted by Crippen LogP contribution is 2.66. The minimum Gasteiger partial charge on any atom is -0.430 e. The van der Waals surface area contributed by atoms with Crippen LogP contribution in [0.1, 0.15) is 117 Å². The lowest BCUT2D eigenvalue weighted by molar-refractivity contribution is -0.384. The molecule has 220 valence electrons. The van der Waals surface area contributed by atoms with Gasteiger partial charge in [-0.3, -0.25) is 10.1 Å². The molecular formula is C34H49NO5. The quantitative estimate of drug-likeness (QED) is 0.0722. The molecule has 0 radical (unpaired) electrons. The number of carbonyl (C=O) groups is 1. The molecule has 0 aliphatic heterocycles. The van der Waals surface area contributed by atoms with Gasteiger partial charge in [-0.2, -0.15) is 0 Å². The molecule has 0 saturated heterocycles. The predicted molar refractivity (Wildman–Crippen MR) is 157 cm³/mol. The third kappa shape index (κ3) is 5.83. The van der Waals surface area contributed by atoms with Crippen LogP contribution in [0.15, 0.2) is 35.9 Å². The molecule has 6 heteroatoms. The highest BCUT2D eigenvalue weighted by molar-refractivity contribution is 5.64. The van der Waals surface area contributed by atoms with Crippen LogP contribution in [0.3, 0.4) is 0 Å². The highest BCUT2D eigenvalue weighted by atomic mass is 16.7. The van der Waals surface area contributed by atoms with Gasteiger partial charge in [-0.25, -0.2) is 4.79 Å². The van der Waals surface area contributed by atoms with Gasteiger partial charge in [0.1, 0.15) is 11.9 Å². The monoisotopic (exact) mass is 551 g/mol. The Hall–Kier alpha value is -2.37. The van der Waals surface area contributed by atoms with Gasteiger partial charge in [0.15, 0.2) is 0 Å². The van der Waals surface area contributed by atoms with E-state index < -0.39 is 11.1 Å². The second-order valence-electron chi connectivity index (χ2n) is 13.7. The molecule has 3 saturated carbocycles. The van der Waals surface area contributed by atoms with Crippen LogP contribution in [0.4, 0.5) is 10.5 Å². The van der Waals surface area contributed by atoms with E-state index in [1.807, 2.05) is 0 Å². The van der Waals surface area contributed by atoms with E-state index in [9.17, 15) is 14.9 Å². The van der Waals surface area contributed by atoms with Crippen LogP contribution in [-0.2, 0) is 4.74 Å². The summed E-state index contributed by atoms with van der Waals surface area (Å²) in [6.45, 7) is 7.43. The van der Waals surface area contributed by atoms with E-state index in [1.165, 1.54) is 107 Å². The summed E-state index contributed by atoms with van der Waals surface area (Å²) in [5.41, 5.74) is 2.18. The first kappa shape index (κ1) is 29.1. The van der Waals surface area contributed by atoms with Gasteiger partial charge in [0, 0.05) is 18.6 Å². The van der Waals surface area contributed by atoms with Crippen LogP contribution in [-0.4, -0.2) is 17.2 Å². The number of rotatable bonds is 10. The van der Waals surface area contributed by atoms with Crippen molar-refractivity contribution in [3.63, 3.8) is 0 Å². The molecule has 0 heterocycles. The fraction of sp³-hybridized carbons (Fsp3) is 0.735. The summed E-state index contributed by atoms with van der Waals surface area (Å²) in [7, 11) is 0. The summed E-state index contributed by atoms with van der Waals surface area (Å²) >= 11 is 0.